The molecule has 1 atom stereocenters. The van der Waals surface area contributed by atoms with Gasteiger partial charge in [0.15, 0.2) is 0 Å². The van der Waals surface area contributed by atoms with Crippen molar-refractivity contribution >= 4 is 11.9 Å². The highest BCUT2D eigenvalue weighted by Crippen LogP contribution is 2.23. The lowest BCUT2D eigenvalue weighted by molar-refractivity contribution is 0.0288. The van der Waals surface area contributed by atoms with Crippen LogP contribution in [0.4, 0.5) is 10.6 Å². The monoisotopic (exact) mass is 306 g/mol. The first-order valence-electron chi connectivity index (χ1n) is 7.71. The van der Waals surface area contributed by atoms with Gasteiger partial charge in [0.05, 0.1) is 0 Å². The van der Waals surface area contributed by atoms with Crippen molar-refractivity contribution in [2.75, 3.05) is 32.1 Å². The number of hydrogen-bond acceptors (Lipinski definition) is 5. The first-order chi connectivity index (χ1) is 10.2. The van der Waals surface area contributed by atoms with E-state index in [0.717, 1.165) is 37.4 Å². The Morgan fingerprint density at radius 3 is 2.77 bits per heavy atom. The molecule has 1 aromatic rings. The number of nitrogens with zero attached hydrogens (tertiary/aromatic N) is 4. The first kappa shape index (κ1) is 16.5. The summed E-state index contributed by atoms with van der Waals surface area (Å²) >= 11 is 0. The summed E-state index contributed by atoms with van der Waals surface area (Å²) in [6.07, 6.45) is 3.24. The topological polar surface area (TPSA) is 58.6 Å². The van der Waals surface area contributed by atoms with Crippen molar-refractivity contribution in [3.05, 3.63) is 18.1 Å². The lowest BCUT2D eigenvalue weighted by Crippen LogP contribution is -2.35. The van der Waals surface area contributed by atoms with Crippen molar-refractivity contribution < 1.29 is 9.53 Å². The molecule has 0 spiro atoms. The van der Waals surface area contributed by atoms with Gasteiger partial charge in [0, 0.05) is 38.9 Å². The third kappa shape index (κ3) is 4.58. The van der Waals surface area contributed by atoms with Gasteiger partial charge in [-0.1, -0.05) is 0 Å². The molecule has 2 rings (SSSR count). The molecule has 0 saturated carbocycles. The van der Waals surface area contributed by atoms with Crippen LogP contribution in [0.15, 0.2) is 12.4 Å². The first-order valence-corrected chi connectivity index (χ1v) is 7.71. The fraction of sp³-hybridized carbons (Fsp3) is 0.688. The predicted molar refractivity (Wildman–Crippen MR) is 86.0 cm³/mol. The maximum atomic E-state index is 12.1. The Hall–Kier alpha value is -1.85. The number of rotatable bonds is 3. The molecule has 1 saturated heterocycles. The summed E-state index contributed by atoms with van der Waals surface area (Å²) in [4.78, 5) is 24.4. The predicted octanol–water partition coefficient (Wildman–Crippen LogP) is 2.34. The van der Waals surface area contributed by atoms with Gasteiger partial charge in [-0.05, 0) is 39.5 Å². The highest BCUT2D eigenvalue weighted by molar-refractivity contribution is 5.68. The van der Waals surface area contributed by atoms with E-state index in [-0.39, 0.29) is 6.09 Å². The molecule has 6 heteroatoms. The van der Waals surface area contributed by atoms with E-state index in [1.54, 1.807) is 11.2 Å². The van der Waals surface area contributed by atoms with E-state index >= 15 is 0 Å². The fourth-order valence-electron chi connectivity index (χ4n) is 2.53. The zero-order valence-corrected chi connectivity index (χ0v) is 14.2. The Labute approximate surface area is 132 Å². The number of anilines is 1. The molecular formula is C16H26N4O2. The SMILES string of the molecule is CN(C)c1cc(C[C@H]2CCN(C(=O)OC(C)(C)C)C2)ncn1. The van der Waals surface area contributed by atoms with Gasteiger partial charge < -0.3 is 14.5 Å². The second-order valence-electron chi connectivity index (χ2n) is 7.05. The van der Waals surface area contributed by atoms with Gasteiger partial charge in [-0.25, -0.2) is 14.8 Å². The molecular weight excluding hydrogens is 280 g/mol. The molecule has 0 radical (unpaired) electrons. The average Bonchev–Trinajstić information content (AvgIpc) is 2.85. The highest BCUT2D eigenvalue weighted by atomic mass is 16.6. The molecule has 2 heterocycles. The Morgan fingerprint density at radius 1 is 1.41 bits per heavy atom. The lowest BCUT2D eigenvalue weighted by atomic mass is 10.0. The molecule has 1 amide bonds. The van der Waals surface area contributed by atoms with Crippen LogP contribution in [0.2, 0.25) is 0 Å². The molecule has 1 aliphatic heterocycles. The standard InChI is InChI=1S/C16H26N4O2/c1-16(2,3)22-15(21)20-7-6-12(10-20)8-13-9-14(19(4)5)18-11-17-13/h9,11-12H,6-8,10H2,1-5H3/t12-/m1/s1. The molecule has 122 valence electrons. The molecule has 1 fully saturated rings. The van der Waals surface area contributed by atoms with E-state index in [1.165, 1.54) is 0 Å². The molecule has 1 aromatic heterocycles. The minimum Gasteiger partial charge on any atom is -0.444 e. The molecule has 0 bridgehead atoms. The Bertz CT molecular complexity index is 525. The van der Waals surface area contributed by atoms with Crippen LogP contribution in [0.1, 0.15) is 32.9 Å². The zero-order valence-electron chi connectivity index (χ0n) is 14.2. The van der Waals surface area contributed by atoms with Crippen LogP contribution in [0.25, 0.3) is 0 Å². The maximum absolute atomic E-state index is 12.1. The van der Waals surface area contributed by atoms with Gasteiger partial charge in [0.1, 0.15) is 17.7 Å². The van der Waals surface area contributed by atoms with E-state index in [0.29, 0.717) is 5.92 Å². The molecule has 0 unspecified atom stereocenters. The van der Waals surface area contributed by atoms with Crippen LogP contribution in [0, 0.1) is 5.92 Å². The van der Waals surface area contributed by atoms with Gasteiger partial charge >= 0.3 is 6.09 Å². The summed E-state index contributed by atoms with van der Waals surface area (Å²) < 4.78 is 5.43. The van der Waals surface area contributed by atoms with Crippen molar-refractivity contribution in [2.24, 2.45) is 5.92 Å². The summed E-state index contributed by atoms with van der Waals surface area (Å²) in [7, 11) is 3.93. The van der Waals surface area contributed by atoms with Gasteiger partial charge in [0.25, 0.3) is 0 Å². The van der Waals surface area contributed by atoms with Gasteiger partial charge in [-0.15, -0.1) is 0 Å². The maximum Gasteiger partial charge on any atom is 0.410 e. The van der Waals surface area contributed by atoms with Crippen LogP contribution in [0.3, 0.4) is 0 Å². The van der Waals surface area contributed by atoms with Crippen LogP contribution < -0.4 is 4.90 Å². The number of ether oxygens (including phenoxy) is 1. The molecule has 0 aliphatic carbocycles. The van der Waals surface area contributed by atoms with E-state index in [4.69, 9.17) is 4.74 Å². The smallest absolute Gasteiger partial charge is 0.410 e. The van der Waals surface area contributed by atoms with Crippen molar-refractivity contribution in [2.45, 2.75) is 39.2 Å². The molecule has 0 aromatic carbocycles. The van der Waals surface area contributed by atoms with Gasteiger partial charge in [-0.2, -0.15) is 0 Å². The Morgan fingerprint density at radius 2 is 2.14 bits per heavy atom. The summed E-state index contributed by atoms with van der Waals surface area (Å²) in [5.74, 6) is 1.34. The van der Waals surface area contributed by atoms with Crippen molar-refractivity contribution in [1.82, 2.24) is 14.9 Å². The summed E-state index contributed by atoms with van der Waals surface area (Å²) in [5, 5.41) is 0. The Kier molecular flexibility index (Phi) is 4.88. The molecule has 22 heavy (non-hydrogen) atoms. The number of carbonyl (C=O) groups excluding carboxylic acids is 1. The van der Waals surface area contributed by atoms with Crippen LogP contribution in [0.5, 0.6) is 0 Å². The van der Waals surface area contributed by atoms with E-state index in [2.05, 4.69) is 9.97 Å². The third-order valence-corrected chi connectivity index (χ3v) is 3.60. The van der Waals surface area contributed by atoms with Crippen molar-refractivity contribution in [3.8, 4) is 0 Å². The molecule has 1 aliphatic rings. The van der Waals surface area contributed by atoms with Crippen LogP contribution in [-0.4, -0.2) is 53.7 Å². The lowest BCUT2D eigenvalue weighted by Gasteiger charge is -2.24. The largest absolute Gasteiger partial charge is 0.444 e. The molecule has 6 nitrogen and oxygen atoms in total. The number of hydrogen-bond donors (Lipinski definition) is 0. The Balaban J connectivity index is 1.91. The van der Waals surface area contributed by atoms with Crippen LogP contribution >= 0.6 is 0 Å². The van der Waals surface area contributed by atoms with E-state index < -0.39 is 5.60 Å². The summed E-state index contributed by atoms with van der Waals surface area (Å²) in [6.45, 7) is 7.16. The fourth-order valence-corrected chi connectivity index (χ4v) is 2.53. The normalized spacial score (nSPS) is 18.4. The van der Waals surface area contributed by atoms with Gasteiger partial charge in [-0.3, -0.25) is 0 Å². The summed E-state index contributed by atoms with van der Waals surface area (Å²) in [6, 6.07) is 2.01. The van der Waals surface area contributed by atoms with E-state index in [1.807, 2.05) is 45.8 Å². The number of likely N-dealkylation sites (tertiary alicyclic amines) is 1. The number of aromatic nitrogens is 2. The van der Waals surface area contributed by atoms with Crippen molar-refractivity contribution in [3.63, 3.8) is 0 Å². The zero-order chi connectivity index (χ0) is 16.3. The highest BCUT2D eigenvalue weighted by Gasteiger charge is 2.30. The minimum absolute atomic E-state index is 0.216. The summed E-state index contributed by atoms with van der Waals surface area (Å²) in [5.41, 5.74) is 0.581. The number of carbonyl (C=O) groups is 1. The van der Waals surface area contributed by atoms with Crippen molar-refractivity contribution in [1.29, 1.82) is 0 Å². The second-order valence-corrected chi connectivity index (χ2v) is 7.05. The van der Waals surface area contributed by atoms with Gasteiger partial charge in [0.2, 0.25) is 0 Å². The minimum atomic E-state index is -0.442. The quantitative estimate of drug-likeness (QED) is 0.858. The average molecular weight is 306 g/mol. The molecule has 0 N–H and O–H groups in total. The third-order valence-electron chi connectivity index (χ3n) is 3.60. The second kappa shape index (κ2) is 6.50. The number of amides is 1. The van der Waals surface area contributed by atoms with E-state index in [9.17, 15) is 4.79 Å². The van der Waals surface area contributed by atoms with Crippen LogP contribution in [-0.2, 0) is 11.2 Å².